The summed E-state index contributed by atoms with van der Waals surface area (Å²) in [6.45, 7) is 1.74. The van der Waals surface area contributed by atoms with Crippen molar-refractivity contribution in [2.75, 3.05) is 7.11 Å². The number of hydrogen-bond donors (Lipinski definition) is 0. The van der Waals surface area contributed by atoms with E-state index in [9.17, 15) is 4.79 Å². The van der Waals surface area contributed by atoms with E-state index in [1.165, 1.54) is 7.11 Å². The molecular formula is C13H12Cl2N2O2. The summed E-state index contributed by atoms with van der Waals surface area (Å²) in [6.07, 6.45) is 3.34. The van der Waals surface area contributed by atoms with Crippen LogP contribution in [0.3, 0.4) is 0 Å². The molecule has 4 nitrogen and oxygen atoms in total. The first-order valence-corrected chi connectivity index (χ1v) is 6.36. The van der Waals surface area contributed by atoms with Gasteiger partial charge < -0.3 is 9.30 Å². The lowest BCUT2D eigenvalue weighted by Crippen LogP contribution is -2.18. The zero-order valence-electron chi connectivity index (χ0n) is 10.4. The van der Waals surface area contributed by atoms with Gasteiger partial charge in [-0.2, -0.15) is 0 Å². The van der Waals surface area contributed by atoms with Crippen LogP contribution in [0.25, 0.3) is 11.4 Å². The molecule has 1 heterocycles. The molecule has 1 unspecified atom stereocenters. The highest BCUT2D eigenvalue weighted by molar-refractivity contribution is 6.42. The number of imidazole rings is 1. The van der Waals surface area contributed by atoms with Crippen LogP contribution in [-0.4, -0.2) is 22.6 Å². The van der Waals surface area contributed by atoms with Crippen LogP contribution in [-0.2, 0) is 9.53 Å². The molecular weight excluding hydrogens is 287 g/mol. The van der Waals surface area contributed by atoms with Crippen molar-refractivity contribution < 1.29 is 9.53 Å². The van der Waals surface area contributed by atoms with Gasteiger partial charge >= 0.3 is 5.97 Å². The Labute approximate surface area is 120 Å². The number of methoxy groups -OCH3 is 1. The zero-order chi connectivity index (χ0) is 14.0. The molecule has 100 valence electrons. The van der Waals surface area contributed by atoms with E-state index in [0.29, 0.717) is 15.9 Å². The number of hydrogen-bond acceptors (Lipinski definition) is 3. The van der Waals surface area contributed by atoms with E-state index in [1.54, 1.807) is 42.1 Å². The van der Waals surface area contributed by atoms with Crippen LogP contribution in [0.15, 0.2) is 30.6 Å². The van der Waals surface area contributed by atoms with Gasteiger partial charge in [0.15, 0.2) is 0 Å². The summed E-state index contributed by atoms with van der Waals surface area (Å²) >= 11 is 11.9. The quantitative estimate of drug-likeness (QED) is 0.813. The lowest BCUT2D eigenvalue weighted by Gasteiger charge is -2.14. The third-order valence-electron chi connectivity index (χ3n) is 2.81. The first-order chi connectivity index (χ1) is 9.04. The summed E-state index contributed by atoms with van der Waals surface area (Å²) in [5.74, 6) is 0.302. The van der Waals surface area contributed by atoms with E-state index in [4.69, 9.17) is 27.9 Å². The van der Waals surface area contributed by atoms with Gasteiger partial charge in [0.05, 0.1) is 17.2 Å². The summed E-state index contributed by atoms with van der Waals surface area (Å²) in [7, 11) is 1.36. The van der Waals surface area contributed by atoms with E-state index in [2.05, 4.69) is 4.98 Å². The van der Waals surface area contributed by atoms with Gasteiger partial charge in [-0.05, 0) is 25.1 Å². The van der Waals surface area contributed by atoms with Crippen molar-refractivity contribution >= 4 is 29.2 Å². The number of ether oxygens (including phenoxy) is 1. The van der Waals surface area contributed by atoms with E-state index < -0.39 is 6.04 Å². The van der Waals surface area contributed by atoms with E-state index in [-0.39, 0.29) is 5.97 Å². The maximum atomic E-state index is 11.6. The van der Waals surface area contributed by atoms with Crippen LogP contribution >= 0.6 is 23.2 Å². The summed E-state index contributed by atoms with van der Waals surface area (Å²) in [4.78, 5) is 15.8. The monoisotopic (exact) mass is 298 g/mol. The highest BCUT2D eigenvalue weighted by Crippen LogP contribution is 2.29. The lowest BCUT2D eigenvalue weighted by atomic mass is 10.2. The van der Waals surface area contributed by atoms with E-state index in [1.807, 2.05) is 0 Å². The molecule has 0 aliphatic rings. The molecule has 0 saturated carbocycles. The maximum Gasteiger partial charge on any atom is 0.328 e. The SMILES string of the molecule is COC(=O)C(C)n1ccnc1-c1ccc(Cl)c(Cl)c1. The second-order valence-electron chi connectivity index (χ2n) is 3.99. The molecule has 0 aliphatic carbocycles. The predicted molar refractivity (Wildman–Crippen MR) is 74.4 cm³/mol. The molecule has 0 radical (unpaired) electrons. The average Bonchev–Trinajstić information content (AvgIpc) is 2.89. The van der Waals surface area contributed by atoms with Crippen molar-refractivity contribution in [3.63, 3.8) is 0 Å². The van der Waals surface area contributed by atoms with Crippen LogP contribution in [0.5, 0.6) is 0 Å². The Balaban J connectivity index is 2.44. The molecule has 1 aromatic heterocycles. The van der Waals surface area contributed by atoms with Gasteiger partial charge in [0.2, 0.25) is 0 Å². The highest BCUT2D eigenvalue weighted by Gasteiger charge is 2.19. The van der Waals surface area contributed by atoms with E-state index >= 15 is 0 Å². The van der Waals surface area contributed by atoms with Crippen molar-refractivity contribution in [2.45, 2.75) is 13.0 Å². The third-order valence-corrected chi connectivity index (χ3v) is 3.55. The van der Waals surface area contributed by atoms with Gasteiger partial charge in [0.25, 0.3) is 0 Å². The molecule has 19 heavy (non-hydrogen) atoms. The second kappa shape index (κ2) is 5.63. The number of carbonyl (C=O) groups excluding carboxylic acids is 1. The molecule has 1 aromatic carbocycles. The highest BCUT2D eigenvalue weighted by atomic mass is 35.5. The van der Waals surface area contributed by atoms with Crippen molar-refractivity contribution in [2.24, 2.45) is 0 Å². The lowest BCUT2D eigenvalue weighted by molar-refractivity contribution is -0.143. The Morgan fingerprint density at radius 3 is 2.74 bits per heavy atom. The van der Waals surface area contributed by atoms with Crippen LogP contribution in [0, 0.1) is 0 Å². The molecule has 2 rings (SSSR count). The summed E-state index contributed by atoms with van der Waals surface area (Å²) in [5, 5.41) is 0.920. The Morgan fingerprint density at radius 1 is 1.37 bits per heavy atom. The number of carbonyl (C=O) groups is 1. The van der Waals surface area contributed by atoms with Gasteiger partial charge in [-0.1, -0.05) is 23.2 Å². The zero-order valence-corrected chi connectivity index (χ0v) is 11.9. The van der Waals surface area contributed by atoms with Crippen LogP contribution in [0.2, 0.25) is 10.0 Å². The molecule has 0 amide bonds. The fourth-order valence-electron chi connectivity index (χ4n) is 1.77. The van der Waals surface area contributed by atoms with Gasteiger partial charge in [-0.25, -0.2) is 9.78 Å². The number of nitrogens with zero attached hydrogens (tertiary/aromatic N) is 2. The third kappa shape index (κ3) is 2.74. The van der Waals surface area contributed by atoms with Crippen molar-refractivity contribution in [1.82, 2.24) is 9.55 Å². The minimum absolute atomic E-state index is 0.334. The van der Waals surface area contributed by atoms with Crippen LogP contribution < -0.4 is 0 Å². The fourth-order valence-corrected chi connectivity index (χ4v) is 2.07. The van der Waals surface area contributed by atoms with Crippen LogP contribution in [0.1, 0.15) is 13.0 Å². The van der Waals surface area contributed by atoms with Crippen molar-refractivity contribution in [3.05, 3.63) is 40.6 Å². The average molecular weight is 299 g/mol. The Bertz CT molecular complexity index is 610. The number of benzene rings is 1. The molecule has 0 fully saturated rings. The molecule has 0 aliphatic heterocycles. The normalized spacial score (nSPS) is 12.2. The maximum absolute atomic E-state index is 11.6. The fraction of sp³-hybridized carbons (Fsp3) is 0.231. The molecule has 0 N–H and O–H groups in total. The summed E-state index contributed by atoms with van der Waals surface area (Å²) < 4.78 is 6.46. The molecule has 6 heteroatoms. The Hall–Kier alpha value is -1.52. The van der Waals surface area contributed by atoms with Gasteiger partial charge in [0.1, 0.15) is 11.9 Å². The predicted octanol–water partition coefficient (Wildman–Crippen LogP) is 3.59. The second-order valence-corrected chi connectivity index (χ2v) is 4.80. The first-order valence-electron chi connectivity index (χ1n) is 5.60. The topological polar surface area (TPSA) is 44.1 Å². The smallest absolute Gasteiger partial charge is 0.328 e. The Kier molecular flexibility index (Phi) is 4.12. The molecule has 0 saturated heterocycles. The number of halogens is 2. The number of aromatic nitrogens is 2. The number of esters is 1. The molecule has 0 spiro atoms. The first kappa shape index (κ1) is 13.9. The standard InChI is InChI=1S/C13H12Cl2N2O2/c1-8(13(18)19-2)17-6-5-16-12(17)9-3-4-10(14)11(15)7-9/h3-8H,1-2H3. The van der Waals surface area contributed by atoms with Gasteiger partial charge in [-0.3, -0.25) is 0 Å². The largest absolute Gasteiger partial charge is 0.467 e. The molecule has 2 aromatic rings. The molecule has 0 bridgehead atoms. The number of rotatable bonds is 3. The van der Waals surface area contributed by atoms with Gasteiger partial charge in [0, 0.05) is 18.0 Å². The van der Waals surface area contributed by atoms with Crippen molar-refractivity contribution in [3.8, 4) is 11.4 Å². The van der Waals surface area contributed by atoms with Gasteiger partial charge in [-0.15, -0.1) is 0 Å². The van der Waals surface area contributed by atoms with E-state index in [0.717, 1.165) is 5.56 Å². The van der Waals surface area contributed by atoms with Crippen LogP contribution in [0.4, 0.5) is 0 Å². The summed E-state index contributed by atoms with van der Waals surface area (Å²) in [5.41, 5.74) is 0.787. The van der Waals surface area contributed by atoms with Crippen molar-refractivity contribution in [1.29, 1.82) is 0 Å². The minimum Gasteiger partial charge on any atom is -0.467 e. The summed E-state index contributed by atoms with van der Waals surface area (Å²) in [6, 6.07) is 4.75. The molecule has 1 atom stereocenters. The minimum atomic E-state index is -0.461. The Morgan fingerprint density at radius 2 is 2.11 bits per heavy atom.